The summed E-state index contributed by atoms with van der Waals surface area (Å²) in [5.41, 5.74) is 0.542. The smallest absolute Gasteiger partial charge is 0.338 e. The highest BCUT2D eigenvalue weighted by Crippen LogP contribution is 2.35. The van der Waals surface area contributed by atoms with Crippen molar-refractivity contribution in [2.75, 3.05) is 11.9 Å². The van der Waals surface area contributed by atoms with Gasteiger partial charge >= 0.3 is 6.18 Å². The number of hydrogen-bond acceptors (Lipinski definition) is 3. The Hall–Kier alpha value is -1.57. The van der Waals surface area contributed by atoms with Crippen LogP contribution in [0.5, 0.6) is 0 Å². The van der Waals surface area contributed by atoms with Crippen LogP contribution in [0.25, 0.3) is 0 Å². The van der Waals surface area contributed by atoms with Crippen molar-refractivity contribution >= 4 is 36.3 Å². The lowest BCUT2D eigenvalue weighted by Crippen LogP contribution is -2.30. The topological polar surface area (TPSA) is 37.0 Å². The summed E-state index contributed by atoms with van der Waals surface area (Å²) in [4.78, 5) is 4.33. The van der Waals surface area contributed by atoms with E-state index in [-0.39, 0.29) is 42.5 Å². The van der Waals surface area contributed by atoms with Crippen LogP contribution in [-0.2, 0) is 6.18 Å². The van der Waals surface area contributed by atoms with Crippen LogP contribution < -0.4 is 10.6 Å². The molecule has 0 saturated heterocycles. The van der Waals surface area contributed by atoms with E-state index in [2.05, 4.69) is 22.5 Å². The van der Waals surface area contributed by atoms with Gasteiger partial charge < -0.3 is 10.6 Å². The number of benzene rings is 1. The third-order valence-electron chi connectivity index (χ3n) is 5.56. The molecule has 0 amide bonds. The molecular formula is C22H29Cl2F4N3. The number of alkyl halides is 3. The van der Waals surface area contributed by atoms with Crippen LogP contribution in [0.4, 0.5) is 29.1 Å². The number of nitrogens with one attached hydrogen (secondary N) is 2. The largest absolute Gasteiger partial charge is 0.419 e. The minimum atomic E-state index is -4.75. The first-order valence-electron chi connectivity index (χ1n) is 10.0. The Labute approximate surface area is 193 Å². The van der Waals surface area contributed by atoms with E-state index >= 15 is 0 Å². The van der Waals surface area contributed by atoms with Crippen molar-refractivity contribution in [2.24, 2.45) is 5.92 Å². The third-order valence-corrected chi connectivity index (χ3v) is 5.56. The van der Waals surface area contributed by atoms with Crippen LogP contribution in [0.3, 0.4) is 0 Å². The predicted molar refractivity (Wildman–Crippen MR) is 121 cm³/mol. The molecule has 3 rings (SSSR count). The first-order chi connectivity index (χ1) is 13.7. The van der Waals surface area contributed by atoms with E-state index in [4.69, 9.17) is 0 Å². The van der Waals surface area contributed by atoms with Gasteiger partial charge in [-0.05, 0) is 67.5 Å². The molecule has 31 heavy (non-hydrogen) atoms. The molecule has 0 radical (unpaired) electrons. The predicted octanol–water partition coefficient (Wildman–Crippen LogP) is 7.40. The van der Waals surface area contributed by atoms with Crippen molar-refractivity contribution < 1.29 is 17.6 Å². The molecule has 1 saturated carbocycles. The van der Waals surface area contributed by atoms with E-state index in [0.29, 0.717) is 5.82 Å². The summed E-state index contributed by atoms with van der Waals surface area (Å²) in [6.07, 6.45) is 0.804. The number of hydrogen-bond donors (Lipinski definition) is 2. The Morgan fingerprint density at radius 2 is 1.77 bits per heavy atom. The SMILES string of the molecule is CC(C)c1cc(Nc2cccc(C(F)(F)F)c2F)ncc1C(C)NCC1CCC1.Cl.Cl. The highest BCUT2D eigenvalue weighted by molar-refractivity contribution is 5.85. The summed E-state index contributed by atoms with van der Waals surface area (Å²) < 4.78 is 53.2. The van der Waals surface area contributed by atoms with Gasteiger partial charge in [0.15, 0.2) is 5.82 Å². The van der Waals surface area contributed by atoms with Crippen molar-refractivity contribution in [2.45, 2.75) is 58.2 Å². The van der Waals surface area contributed by atoms with E-state index in [1.807, 2.05) is 13.8 Å². The molecule has 9 heteroatoms. The van der Waals surface area contributed by atoms with E-state index in [9.17, 15) is 17.6 Å². The fourth-order valence-electron chi connectivity index (χ4n) is 3.55. The Bertz CT molecular complexity index is 855. The second-order valence-electron chi connectivity index (χ2n) is 8.07. The zero-order valence-corrected chi connectivity index (χ0v) is 19.4. The fraction of sp³-hybridized carbons (Fsp3) is 0.500. The summed E-state index contributed by atoms with van der Waals surface area (Å²) >= 11 is 0. The van der Waals surface area contributed by atoms with Crippen molar-refractivity contribution in [3.63, 3.8) is 0 Å². The van der Waals surface area contributed by atoms with Crippen LogP contribution in [-0.4, -0.2) is 11.5 Å². The molecule has 1 unspecified atom stereocenters. The Morgan fingerprint density at radius 3 is 2.32 bits per heavy atom. The van der Waals surface area contributed by atoms with Gasteiger partial charge in [0.25, 0.3) is 0 Å². The minimum Gasteiger partial charge on any atom is -0.338 e. The van der Waals surface area contributed by atoms with E-state index in [1.54, 1.807) is 12.3 Å². The summed E-state index contributed by atoms with van der Waals surface area (Å²) in [5.74, 6) is -0.0834. The van der Waals surface area contributed by atoms with Crippen molar-refractivity contribution in [1.29, 1.82) is 0 Å². The maximum atomic E-state index is 14.3. The number of anilines is 2. The molecule has 0 bridgehead atoms. The lowest BCUT2D eigenvalue weighted by molar-refractivity contribution is -0.139. The molecule has 0 aliphatic heterocycles. The van der Waals surface area contributed by atoms with Gasteiger partial charge in [-0.15, -0.1) is 24.8 Å². The summed E-state index contributed by atoms with van der Waals surface area (Å²) in [5, 5.41) is 6.26. The molecule has 1 fully saturated rings. The van der Waals surface area contributed by atoms with Crippen LogP contribution in [0.2, 0.25) is 0 Å². The Balaban J connectivity index is 0.00000240. The van der Waals surface area contributed by atoms with Gasteiger partial charge in [-0.2, -0.15) is 13.2 Å². The number of nitrogens with zero attached hydrogens (tertiary/aromatic N) is 1. The molecule has 1 atom stereocenters. The quantitative estimate of drug-likeness (QED) is 0.404. The van der Waals surface area contributed by atoms with E-state index in [0.717, 1.165) is 29.7 Å². The molecule has 1 aliphatic carbocycles. The zero-order chi connectivity index (χ0) is 21.2. The molecule has 3 nitrogen and oxygen atoms in total. The summed E-state index contributed by atoms with van der Waals surface area (Å²) in [6.45, 7) is 7.15. The van der Waals surface area contributed by atoms with Gasteiger partial charge in [-0.3, -0.25) is 0 Å². The van der Waals surface area contributed by atoms with E-state index < -0.39 is 17.6 Å². The maximum absolute atomic E-state index is 14.3. The highest BCUT2D eigenvalue weighted by Gasteiger charge is 2.35. The monoisotopic (exact) mass is 481 g/mol. The third kappa shape index (κ3) is 6.70. The average Bonchev–Trinajstić information content (AvgIpc) is 2.61. The Kier molecular flexibility index (Phi) is 10.0. The standard InChI is InChI=1S/C22H27F4N3.2ClH/c1-13(2)16-10-20(28-12-17(16)14(3)27-11-15-6-4-7-15)29-19-9-5-8-18(21(19)23)22(24,25)26;;/h5,8-10,12-15,27H,4,6-7,11H2,1-3H3,(H,28,29);2*1H. The fourth-order valence-corrected chi connectivity index (χ4v) is 3.55. The zero-order valence-electron chi connectivity index (χ0n) is 17.7. The second-order valence-corrected chi connectivity index (χ2v) is 8.07. The van der Waals surface area contributed by atoms with Crippen molar-refractivity contribution in [3.05, 3.63) is 53.0 Å². The summed E-state index contributed by atoms with van der Waals surface area (Å²) in [7, 11) is 0. The van der Waals surface area contributed by atoms with Gasteiger partial charge in [-0.25, -0.2) is 9.37 Å². The first kappa shape index (κ1) is 27.5. The molecule has 1 aromatic heterocycles. The lowest BCUT2D eigenvalue weighted by Gasteiger charge is -2.28. The molecule has 0 spiro atoms. The van der Waals surface area contributed by atoms with Gasteiger partial charge in [0.1, 0.15) is 5.82 Å². The van der Waals surface area contributed by atoms with E-state index in [1.165, 1.54) is 31.4 Å². The van der Waals surface area contributed by atoms with Crippen LogP contribution >= 0.6 is 24.8 Å². The number of aromatic nitrogens is 1. The van der Waals surface area contributed by atoms with Crippen molar-refractivity contribution in [3.8, 4) is 0 Å². The maximum Gasteiger partial charge on any atom is 0.419 e. The summed E-state index contributed by atoms with van der Waals surface area (Å²) in [6, 6.07) is 5.09. The normalized spacial score (nSPS) is 15.0. The van der Waals surface area contributed by atoms with Crippen molar-refractivity contribution in [1.82, 2.24) is 10.3 Å². The van der Waals surface area contributed by atoms with Gasteiger partial charge in [0, 0.05) is 12.2 Å². The van der Waals surface area contributed by atoms with Gasteiger partial charge in [0.2, 0.25) is 0 Å². The first-order valence-corrected chi connectivity index (χ1v) is 10.0. The minimum absolute atomic E-state index is 0. The second kappa shape index (κ2) is 11.3. The molecule has 174 valence electrons. The average molecular weight is 482 g/mol. The number of pyridine rings is 1. The molecule has 1 heterocycles. The van der Waals surface area contributed by atoms with Crippen LogP contribution in [0.1, 0.15) is 68.7 Å². The number of rotatable bonds is 7. The molecule has 1 aromatic carbocycles. The lowest BCUT2D eigenvalue weighted by atomic mass is 9.85. The molecule has 2 N–H and O–H groups in total. The van der Waals surface area contributed by atoms with Crippen LogP contribution in [0, 0.1) is 11.7 Å². The van der Waals surface area contributed by atoms with Crippen LogP contribution in [0.15, 0.2) is 30.5 Å². The molecular weight excluding hydrogens is 453 g/mol. The Morgan fingerprint density at radius 1 is 1.10 bits per heavy atom. The van der Waals surface area contributed by atoms with Gasteiger partial charge in [-0.1, -0.05) is 26.3 Å². The van der Waals surface area contributed by atoms with Gasteiger partial charge in [0.05, 0.1) is 11.3 Å². The number of halogens is 6. The highest BCUT2D eigenvalue weighted by atomic mass is 35.5. The molecule has 2 aromatic rings. The molecule has 1 aliphatic rings.